The predicted molar refractivity (Wildman–Crippen MR) is 95.5 cm³/mol. The van der Waals surface area contributed by atoms with Gasteiger partial charge in [0.15, 0.2) is 0 Å². The zero-order valence-electron chi connectivity index (χ0n) is 14.3. The molecule has 3 nitrogen and oxygen atoms in total. The molecule has 5 heteroatoms. The summed E-state index contributed by atoms with van der Waals surface area (Å²) in [5.41, 5.74) is 0.688. The van der Waals surface area contributed by atoms with Gasteiger partial charge in [-0.05, 0) is 38.9 Å². The van der Waals surface area contributed by atoms with Gasteiger partial charge in [0.1, 0.15) is 6.29 Å². The van der Waals surface area contributed by atoms with Gasteiger partial charge in [-0.2, -0.15) is 12.6 Å². The first kappa shape index (κ1) is 21.2. The van der Waals surface area contributed by atoms with Crippen molar-refractivity contribution in [2.45, 2.75) is 77.3 Å². The van der Waals surface area contributed by atoms with Crippen LogP contribution in [-0.4, -0.2) is 33.8 Å². The molecule has 0 aliphatic carbocycles. The molecule has 0 fully saturated rings. The lowest BCUT2D eigenvalue weighted by atomic mass is 10.2. The highest BCUT2D eigenvalue weighted by molar-refractivity contribution is 7.80. The van der Waals surface area contributed by atoms with E-state index in [9.17, 15) is 4.79 Å². The summed E-state index contributed by atoms with van der Waals surface area (Å²) in [6, 6.07) is 0. The third-order valence-corrected chi connectivity index (χ3v) is 9.13. The van der Waals surface area contributed by atoms with Gasteiger partial charge in [-0.1, -0.05) is 26.7 Å². The average molecular weight is 335 g/mol. The zero-order chi connectivity index (χ0) is 16.1. The fourth-order valence-electron chi connectivity index (χ4n) is 3.30. The van der Waals surface area contributed by atoms with Crippen LogP contribution in [0, 0.1) is 0 Å². The lowest BCUT2D eigenvalue weighted by molar-refractivity contribution is -0.108. The number of carbonyl (C=O) groups excluding carboxylic acids is 1. The minimum Gasteiger partial charge on any atom is -0.394 e. The van der Waals surface area contributed by atoms with Crippen LogP contribution in [0.2, 0.25) is 11.1 Å². The van der Waals surface area contributed by atoms with Gasteiger partial charge in [0, 0.05) is 30.7 Å². The molecule has 0 aliphatic heterocycles. The highest BCUT2D eigenvalue weighted by Crippen LogP contribution is 2.44. The summed E-state index contributed by atoms with van der Waals surface area (Å²) in [5.74, 6) is 0.847. The Labute approximate surface area is 137 Å². The van der Waals surface area contributed by atoms with Gasteiger partial charge < -0.3 is 13.6 Å². The molecular weight excluding hydrogens is 300 g/mol. The van der Waals surface area contributed by atoms with Crippen LogP contribution in [-0.2, 0) is 13.6 Å². The number of hydrogen-bond donors (Lipinski definition) is 1. The normalized spacial score (nSPS) is 14.9. The van der Waals surface area contributed by atoms with Gasteiger partial charge in [-0.25, -0.2) is 0 Å². The molecule has 0 N–H and O–H groups in total. The van der Waals surface area contributed by atoms with Crippen molar-refractivity contribution >= 4 is 27.5 Å². The topological polar surface area (TPSA) is 35.5 Å². The van der Waals surface area contributed by atoms with Crippen LogP contribution in [0.15, 0.2) is 0 Å². The van der Waals surface area contributed by atoms with E-state index in [0.717, 1.165) is 44.1 Å². The number of thiol groups is 1. The maximum atomic E-state index is 11.2. The summed E-state index contributed by atoms with van der Waals surface area (Å²) in [7, 11) is -2.42. The molecule has 0 aromatic heterocycles. The molecule has 0 aliphatic rings. The van der Waals surface area contributed by atoms with E-state index in [1.54, 1.807) is 0 Å². The van der Waals surface area contributed by atoms with Crippen molar-refractivity contribution < 1.29 is 13.6 Å². The summed E-state index contributed by atoms with van der Waals surface area (Å²) in [6.45, 7) is 9.78. The van der Waals surface area contributed by atoms with E-state index in [-0.39, 0.29) is 5.54 Å². The van der Waals surface area contributed by atoms with Crippen molar-refractivity contribution in [2.24, 2.45) is 0 Å². The molecule has 2 unspecified atom stereocenters. The van der Waals surface area contributed by atoms with Gasteiger partial charge in [0.05, 0.1) is 0 Å². The van der Waals surface area contributed by atoms with Crippen LogP contribution in [0.1, 0.15) is 66.2 Å². The summed E-state index contributed by atoms with van der Waals surface area (Å²) in [5, 5.41) is 0. The van der Waals surface area contributed by atoms with Crippen LogP contribution in [0.5, 0.6) is 0 Å². The predicted octanol–water partition coefficient (Wildman–Crippen LogP) is 4.75. The van der Waals surface area contributed by atoms with Crippen LogP contribution in [0.25, 0.3) is 0 Å². The first-order valence-electron chi connectivity index (χ1n) is 8.48. The lowest BCUT2D eigenvalue weighted by Gasteiger charge is -2.42. The molecule has 126 valence electrons. The first-order valence-corrected chi connectivity index (χ1v) is 11.1. The summed E-state index contributed by atoms with van der Waals surface area (Å²) in [4.78, 5) is 11.2. The Morgan fingerprint density at radius 3 is 1.86 bits per heavy atom. The van der Waals surface area contributed by atoms with E-state index in [1.165, 1.54) is 0 Å². The third-order valence-electron chi connectivity index (χ3n) is 4.01. The van der Waals surface area contributed by atoms with E-state index in [1.807, 2.05) is 13.8 Å². The Kier molecular flexibility index (Phi) is 12.8. The highest BCUT2D eigenvalue weighted by atomic mass is 32.1. The molecule has 0 saturated carbocycles. The maximum Gasteiger partial charge on any atom is 0.345 e. The standard InChI is InChI=1S/C16H34O3SSi/c1-5-9-15(11-13-17)21(18-7-3,19-8-4)16(10-6-2)12-14-20/h13,15-16,20H,5-12,14H2,1-4H3. The molecular formula is C16H34O3SSi. The molecule has 21 heavy (non-hydrogen) atoms. The molecule has 0 spiro atoms. The Bertz CT molecular complexity index is 252. The molecule has 0 radical (unpaired) electrons. The van der Waals surface area contributed by atoms with Gasteiger partial charge >= 0.3 is 8.56 Å². The van der Waals surface area contributed by atoms with Crippen LogP contribution in [0.4, 0.5) is 0 Å². The molecule has 0 bridgehead atoms. The smallest absolute Gasteiger partial charge is 0.345 e. The fraction of sp³-hybridized carbons (Fsp3) is 0.938. The summed E-state index contributed by atoms with van der Waals surface area (Å²) in [6.07, 6.45) is 6.92. The fourth-order valence-corrected chi connectivity index (χ4v) is 8.80. The Balaban J connectivity index is 5.55. The Morgan fingerprint density at radius 1 is 0.952 bits per heavy atom. The van der Waals surface area contributed by atoms with E-state index in [0.29, 0.717) is 25.2 Å². The van der Waals surface area contributed by atoms with Crippen LogP contribution < -0.4 is 0 Å². The number of aldehydes is 1. The van der Waals surface area contributed by atoms with Crippen molar-refractivity contribution in [2.75, 3.05) is 19.0 Å². The number of rotatable bonds is 14. The van der Waals surface area contributed by atoms with Crippen molar-refractivity contribution in [3.8, 4) is 0 Å². The zero-order valence-corrected chi connectivity index (χ0v) is 16.2. The van der Waals surface area contributed by atoms with Crippen molar-refractivity contribution in [3.05, 3.63) is 0 Å². The van der Waals surface area contributed by atoms with Crippen LogP contribution in [0.3, 0.4) is 0 Å². The largest absolute Gasteiger partial charge is 0.394 e. The van der Waals surface area contributed by atoms with Crippen molar-refractivity contribution in [3.63, 3.8) is 0 Å². The molecule has 0 aromatic rings. The minimum atomic E-state index is -2.42. The monoisotopic (exact) mass is 334 g/mol. The number of carbonyl (C=O) groups is 1. The quantitative estimate of drug-likeness (QED) is 0.283. The van der Waals surface area contributed by atoms with E-state index >= 15 is 0 Å². The Hall–Kier alpha value is 0.157. The number of hydrogen-bond acceptors (Lipinski definition) is 4. The lowest BCUT2D eigenvalue weighted by Crippen LogP contribution is -2.51. The van der Waals surface area contributed by atoms with Gasteiger partial charge in [0.2, 0.25) is 0 Å². The molecule has 2 atom stereocenters. The highest BCUT2D eigenvalue weighted by Gasteiger charge is 2.50. The summed E-state index contributed by atoms with van der Waals surface area (Å²) < 4.78 is 12.7. The molecule has 0 saturated heterocycles. The SMILES string of the molecule is CCCC(CC=O)[Si](OCC)(OCC)C(CCC)CCS. The molecule has 0 heterocycles. The second kappa shape index (κ2) is 12.7. The van der Waals surface area contributed by atoms with Gasteiger partial charge in [-0.15, -0.1) is 0 Å². The second-order valence-electron chi connectivity index (χ2n) is 5.47. The molecule has 0 rings (SSSR count). The summed E-state index contributed by atoms with van der Waals surface area (Å²) >= 11 is 4.44. The maximum absolute atomic E-state index is 11.2. The average Bonchev–Trinajstić information content (AvgIpc) is 2.46. The Morgan fingerprint density at radius 2 is 1.48 bits per heavy atom. The first-order chi connectivity index (χ1) is 10.2. The van der Waals surface area contributed by atoms with Crippen LogP contribution >= 0.6 is 12.6 Å². The van der Waals surface area contributed by atoms with E-state index < -0.39 is 8.56 Å². The second-order valence-corrected chi connectivity index (χ2v) is 9.57. The van der Waals surface area contributed by atoms with Crippen molar-refractivity contribution in [1.82, 2.24) is 0 Å². The van der Waals surface area contributed by atoms with Gasteiger partial charge in [-0.3, -0.25) is 0 Å². The van der Waals surface area contributed by atoms with E-state index in [4.69, 9.17) is 8.85 Å². The molecule has 0 aromatic carbocycles. The molecule has 0 amide bonds. The van der Waals surface area contributed by atoms with Gasteiger partial charge in [0.25, 0.3) is 0 Å². The van der Waals surface area contributed by atoms with E-state index in [2.05, 4.69) is 26.5 Å². The third kappa shape index (κ3) is 6.43. The van der Waals surface area contributed by atoms with Crippen molar-refractivity contribution in [1.29, 1.82) is 0 Å². The minimum absolute atomic E-state index is 0.260.